The van der Waals surface area contributed by atoms with Crippen molar-refractivity contribution in [3.05, 3.63) is 12.4 Å². The van der Waals surface area contributed by atoms with Gasteiger partial charge in [0.25, 0.3) is 0 Å². The number of carbonyl (C=O) groups is 2. The maximum absolute atomic E-state index is 12.5. The van der Waals surface area contributed by atoms with Crippen LogP contribution in [0, 0.1) is 0 Å². The fourth-order valence-corrected chi connectivity index (χ4v) is 3.95. The van der Waals surface area contributed by atoms with Gasteiger partial charge in [-0.15, -0.1) is 0 Å². The summed E-state index contributed by atoms with van der Waals surface area (Å²) in [5, 5.41) is 8.99. The van der Waals surface area contributed by atoms with E-state index >= 15 is 0 Å². The SMILES string of the molecule is C[C@H](NC(=O)OC(C)(C)C)C(=O)NC1CCC(Nc2ncc(B3OC(C)(C)C(C)(C)O3)cn2)CC1. The molecule has 0 unspecified atom stereocenters. The molecule has 1 aliphatic heterocycles. The van der Waals surface area contributed by atoms with Gasteiger partial charge in [-0.25, -0.2) is 14.8 Å². The number of rotatable bonds is 6. The fraction of sp³-hybridized carbons (Fsp3) is 0.750. The fourth-order valence-electron chi connectivity index (χ4n) is 3.95. The van der Waals surface area contributed by atoms with Crippen LogP contribution in [-0.2, 0) is 18.8 Å². The third kappa shape index (κ3) is 7.30. The number of carbonyl (C=O) groups excluding carboxylic acids is 2. The van der Waals surface area contributed by atoms with Crippen molar-refractivity contribution in [3.63, 3.8) is 0 Å². The van der Waals surface area contributed by atoms with E-state index in [4.69, 9.17) is 14.0 Å². The summed E-state index contributed by atoms with van der Waals surface area (Å²) in [5.41, 5.74) is -0.644. The van der Waals surface area contributed by atoms with E-state index in [9.17, 15) is 9.59 Å². The van der Waals surface area contributed by atoms with Crippen molar-refractivity contribution in [2.45, 2.75) is 116 Å². The highest BCUT2D eigenvalue weighted by molar-refractivity contribution is 6.61. The maximum Gasteiger partial charge on any atom is 0.498 e. The minimum absolute atomic E-state index is 0.0649. The zero-order valence-electron chi connectivity index (χ0n) is 22.2. The number of hydrogen-bond acceptors (Lipinski definition) is 8. The summed E-state index contributed by atoms with van der Waals surface area (Å²) < 4.78 is 17.3. The summed E-state index contributed by atoms with van der Waals surface area (Å²) in [4.78, 5) is 33.3. The molecule has 0 bridgehead atoms. The molecule has 1 saturated heterocycles. The molecule has 1 aromatic rings. The van der Waals surface area contributed by atoms with Gasteiger partial charge in [-0.3, -0.25) is 4.79 Å². The van der Waals surface area contributed by atoms with Crippen molar-refractivity contribution < 1.29 is 23.6 Å². The molecule has 0 radical (unpaired) electrons. The van der Waals surface area contributed by atoms with Gasteiger partial charge < -0.3 is 30.0 Å². The lowest BCUT2D eigenvalue weighted by Crippen LogP contribution is -2.50. The van der Waals surface area contributed by atoms with Crippen molar-refractivity contribution >= 4 is 30.5 Å². The average Bonchev–Trinajstić information content (AvgIpc) is 2.95. The molecule has 3 N–H and O–H groups in total. The molecule has 2 aliphatic rings. The number of anilines is 1. The molecule has 194 valence electrons. The van der Waals surface area contributed by atoms with Crippen molar-refractivity contribution in [3.8, 4) is 0 Å². The Bertz CT molecular complexity index is 879. The summed E-state index contributed by atoms with van der Waals surface area (Å²) in [6.45, 7) is 15.1. The molecule has 1 atom stereocenters. The molecule has 10 nitrogen and oxygen atoms in total. The van der Waals surface area contributed by atoms with E-state index in [1.54, 1.807) is 40.1 Å². The number of nitrogens with zero attached hydrogens (tertiary/aromatic N) is 2. The number of aromatic nitrogens is 2. The molecule has 35 heavy (non-hydrogen) atoms. The quantitative estimate of drug-likeness (QED) is 0.521. The maximum atomic E-state index is 12.5. The highest BCUT2D eigenvalue weighted by Gasteiger charge is 2.52. The third-order valence-electron chi connectivity index (χ3n) is 6.73. The van der Waals surface area contributed by atoms with Gasteiger partial charge in [-0.1, -0.05) is 0 Å². The van der Waals surface area contributed by atoms with Gasteiger partial charge in [0.15, 0.2) is 0 Å². The van der Waals surface area contributed by atoms with Crippen molar-refractivity contribution in [1.82, 2.24) is 20.6 Å². The van der Waals surface area contributed by atoms with Crippen LogP contribution >= 0.6 is 0 Å². The predicted octanol–water partition coefficient (Wildman–Crippen LogP) is 2.53. The van der Waals surface area contributed by atoms with Crippen LogP contribution in [0.4, 0.5) is 10.7 Å². The molecule has 1 saturated carbocycles. The Labute approximate surface area is 208 Å². The smallest absolute Gasteiger partial charge is 0.444 e. The lowest BCUT2D eigenvalue weighted by atomic mass is 9.81. The van der Waals surface area contributed by atoms with E-state index < -0.39 is 36.1 Å². The Kier molecular flexibility index (Phi) is 8.01. The Hall–Kier alpha value is -2.40. The van der Waals surface area contributed by atoms with E-state index in [1.165, 1.54) is 0 Å². The first-order valence-corrected chi connectivity index (χ1v) is 12.4. The molecular formula is C24H40BN5O5. The number of nitrogens with one attached hydrogen (secondary N) is 3. The minimum Gasteiger partial charge on any atom is -0.444 e. The molecule has 3 rings (SSSR count). The predicted molar refractivity (Wildman–Crippen MR) is 134 cm³/mol. The molecule has 2 heterocycles. The van der Waals surface area contributed by atoms with E-state index in [0.29, 0.717) is 5.95 Å². The van der Waals surface area contributed by atoms with Crippen molar-refractivity contribution in [2.24, 2.45) is 0 Å². The van der Waals surface area contributed by atoms with E-state index in [0.717, 1.165) is 31.1 Å². The van der Waals surface area contributed by atoms with Gasteiger partial charge in [-0.2, -0.15) is 0 Å². The van der Waals surface area contributed by atoms with Crippen LogP contribution in [0.3, 0.4) is 0 Å². The highest BCUT2D eigenvalue weighted by Crippen LogP contribution is 2.36. The molecule has 1 aromatic heterocycles. The summed E-state index contributed by atoms with van der Waals surface area (Å²) >= 11 is 0. The van der Waals surface area contributed by atoms with Crippen LogP contribution in [0.5, 0.6) is 0 Å². The largest absolute Gasteiger partial charge is 0.498 e. The first kappa shape index (κ1) is 27.2. The monoisotopic (exact) mass is 489 g/mol. The van der Waals surface area contributed by atoms with Crippen molar-refractivity contribution in [1.29, 1.82) is 0 Å². The molecule has 0 spiro atoms. The third-order valence-corrected chi connectivity index (χ3v) is 6.73. The van der Waals surface area contributed by atoms with Crippen LogP contribution in [0.1, 0.15) is 81.1 Å². The zero-order chi connectivity index (χ0) is 26.0. The number of ether oxygens (including phenoxy) is 1. The second kappa shape index (κ2) is 10.3. The Morgan fingerprint density at radius 2 is 1.54 bits per heavy atom. The highest BCUT2D eigenvalue weighted by atomic mass is 16.7. The standard InChI is InChI=1S/C24H40BN5O5/c1-15(28-21(32)33-22(2,3)4)19(31)29-17-9-11-18(12-10-17)30-20-26-13-16(14-27-20)25-34-23(5,6)24(7,8)35-25/h13-15,17-18H,9-12H2,1-8H3,(H,28,32)(H,29,31)(H,26,27,30)/t15-,17?,18?/m0/s1. The van der Waals surface area contributed by atoms with Crippen LogP contribution in [0.25, 0.3) is 0 Å². The number of hydrogen-bond donors (Lipinski definition) is 3. The molecule has 2 fully saturated rings. The molecule has 11 heteroatoms. The topological polar surface area (TPSA) is 124 Å². The number of amides is 2. The van der Waals surface area contributed by atoms with Gasteiger partial charge in [0.2, 0.25) is 11.9 Å². The average molecular weight is 489 g/mol. The van der Waals surface area contributed by atoms with Gasteiger partial charge in [0, 0.05) is 29.9 Å². The van der Waals surface area contributed by atoms with Crippen LogP contribution in [0.2, 0.25) is 0 Å². The van der Waals surface area contributed by atoms with Crippen LogP contribution in [-0.4, -0.2) is 64.0 Å². The first-order valence-electron chi connectivity index (χ1n) is 12.4. The van der Waals surface area contributed by atoms with Crippen molar-refractivity contribution in [2.75, 3.05) is 5.32 Å². The number of alkyl carbamates (subject to hydrolysis) is 1. The molecular weight excluding hydrogens is 449 g/mol. The van der Waals surface area contributed by atoms with E-state index in [-0.39, 0.29) is 18.0 Å². The second-order valence-electron chi connectivity index (χ2n) is 11.5. The Morgan fingerprint density at radius 1 is 1.03 bits per heavy atom. The lowest BCUT2D eigenvalue weighted by Gasteiger charge is -2.32. The minimum atomic E-state index is -0.670. The Morgan fingerprint density at radius 3 is 2.06 bits per heavy atom. The van der Waals surface area contributed by atoms with Crippen LogP contribution < -0.4 is 21.4 Å². The van der Waals surface area contributed by atoms with E-state index in [1.807, 2.05) is 27.7 Å². The van der Waals surface area contributed by atoms with Gasteiger partial charge in [-0.05, 0) is 81.1 Å². The summed E-state index contributed by atoms with van der Waals surface area (Å²) in [5.74, 6) is 0.349. The molecule has 0 aromatic carbocycles. The normalized spacial score (nSPS) is 24.4. The summed E-state index contributed by atoms with van der Waals surface area (Å²) in [6.07, 6.45) is 6.29. The van der Waals surface area contributed by atoms with Gasteiger partial charge >= 0.3 is 13.2 Å². The summed E-state index contributed by atoms with van der Waals surface area (Å²) in [7, 11) is -0.486. The molecule has 1 aliphatic carbocycles. The van der Waals surface area contributed by atoms with Gasteiger partial charge in [0.05, 0.1) is 11.2 Å². The lowest BCUT2D eigenvalue weighted by molar-refractivity contribution is -0.123. The molecule has 2 amide bonds. The van der Waals surface area contributed by atoms with Crippen LogP contribution in [0.15, 0.2) is 12.4 Å². The second-order valence-corrected chi connectivity index (χ2v) is 11.5. The van der Waals surface area contributed by atoms with Gasteiger partial charge in [0.1, 0.15) is 11.6 Å². The first-order chi connectivity index (χ1) is 16.1. The zero-order valence-corrected chi connectivity index (χ0v) is 22.2. The Balaban J connectivity index is 1.42. The van der Waals surface area contributed by atoms with E-state index in [2.05, 4.69) is 25.9 Å². The summed E-state index contributed by atoms with van der Waals surface area (Å²) in [6, 6.07) is -0.380.